The number of nitrogens with zero attached hydrogens (tertiary/aromatic N) is 2. The van der Waals surface area contributed by atoms with Crippen LogP contribution >= 0.6 is 7.60 Å². The fraction of sp³-hybridized carbons (Fsp3) is 0.474. The Hall–Kier alpha value is -1.55. The average Bonchev–Trinajstić information content (AvgIpc) is 2.58. The van der Waals surface area contributed by atoms with Crippen molar-refractivity contribution in [3.05, 3.63) is 49.1 Å². The highest BCUT2D eigenvalue weighted by atomic mass is 31.2. The van der Waals surface area contributed by atoms with Crippen molar-refractivity contribution in [2.45, 2.75) is 45.1 Å². The second kappa shape index (κ2) is 9.81. The summed E-state index contributed by atoms with van der Waals surface area (Å²) in [4.78, 5) is 17.6. The van der Waals surface area contributed by atoms with Crippen molar-refractivity contribution in [1.82, 2.24) is 0 Å². The fourth-order valence-electron chi connectivity index (χ4n) is 2.81. The van der Waals surface area contributed by atoms with Gasteiger partial charge in [-0.3, -0.25) is 4.57 Å². The van der Waals surface area contributed by atoms with E-state index >= 15 is 0 Å². The van der Waals surface area contributed by atoms with E-state index in [-0.39, 0.29) is 6.16 Å². The number of aryl methyl sites for hydroxylation is 2. The first-order valence-corrected chi connectivity index (χ1v) is 10.7. The van der Waals surface area contributed by atoms with Gasteiger partial charge in [-0.15, -0.1) is 0 Å². The monoisotopic (exact) mass is 364 g/mol. The maximum absolute atomic E-state index is 10.7. The maximum atomic E-state index is 10.7. The molecule has 2 aromatic heterocycles. The van der Waals surface area contributed by atoms with Crippen molar-refractivity contribution in [2.75, 3.05) is 6.16 Å². The number of unbranched alkanes of at least 4 members (excludes halogenated alkanes) is 5. The van der Waals surface area contributed by atoms with E-state index in [1.165, 1.54) is 11.1 Å². The lowest BCUT2D eigenvalue weighted by Gasteiger charge is -2.03. The molecule has 5 nitrogen and oxygen atoms in total. The minimum atomic E-state index is -3.80. The van der Waals surface area contributed by atoms with Gasteiger partial charge in [0.05, 0.1) is 0 Å². The Morgan fingerprint density at radius 3 is 1.84 bits per heavy atom. The van der Waals surface area contributed by atoms with E-state index in [2.05, 4.69) is 53.6 Å². The molecule has 2 rings (SSSR count). The third-order valence-corrected chi connectivity index (χ3v) is 5.22. The topological polar surface area (TPSA) is 65.3 Å². The highest BCUT2D eigenvalue weighted by Gasteiger charge is 2.11. The van der Waals surface area contributed by atoms with Gasteiger partial charge in [-0.1, -0.05) is 19.3 Å². The lowest BCUT2D eigenvalue weighted by molar-refractivity contribution is -0.697. The van der Waals surface area contributed by atoms with Crippen LogP contribution in [0.15, 0.2) is 49.1 Å². The number of hydrogen-bond acceptors (Lipinski definition) is 1. The minimum absolute atomic E-state index is 0.0227. The van der Waals surface area contributed by atoms with E-state index in [9.17, 15) is 4.57 Å². The third-order valence-electron chi connectivity index (χ3n) is 4.32. The molecule has 0 bridgehead atoms. The van der Waals surface area contributed by atoms with Crippen LogP contribution in [0.3, 0.4) is 0 Å². The van der Waals surface area contributed by atoms with Crippen molar-refractivity contribution in [3.63, 3.8) is 0 Å². The Morgan fingerprint density at radius 2 is 1.28 bits per heavy atom. The lowest BCUT2D eigenvalue weighted by Crippen LogP contribution is -2.32. The largest absolute Gasteiger partial charge is 0.325 e. The van der Waals surface area contributed by atoms with Gasteiger partial charge in [0, 0.05) is 36.8 Å². The van der Waals surface area contributed by atoms with E-state index in [0.717, 1.165) is 38.6 Å². The smallest absolute Gasteiger partial charge is 0.324 e. The molecular formula is C19H29N2O3P+2. The van der Waals surface area contributed by atoms with Crippen molar-refractivity contribution in [2.24, 2.45) is 7.05 Å². The molecular weight excluding hydrogens is 335 g/mol. The highest BCUT2D eigenvalue weighted by Crippen LogP contribution is 2.35. The zero-order valence-corrected chi connectivity index (χ0v) is 15.8. The summed E-state index contributed by atoms with van der Waals surface area (Å²) in [6, 6.07) is 8.53. The van der Waals surface area contributed by atoms with Crippen LogP contribution < -0.4 is 9.13 Å². The first-order chi connectivity index (χ1) is 11.9. The molecule has 0 aliphatic heterocycles. The van der Waals surface area contributed by atoms with Gasteiger partial charge in [-0.25, -0.2) is 9.13 Å². The van der Waals surface area contributed by atoms with Gasteiger partial charge < -0.3 is 9.79 Å². The Kier molecular flexibility index (Phi) is 7.76. The van der Waals surface area contributed by atoms with Gasteiger partial charge in [0.1, 0.15) is 13.6 Å². The zero-order valence-electron chi connectivity index (χ0n) is 14.9. The van der Waals surface area contributed by atoms with Crippen LogP contribution in [0, 0.1) is 0 Å². The molecule has 6 heteroatoms. The molecule has 0 saturated heterocycles. The quantitative estimate of drug-likeness (QED) is 0.387. The predicted molar refractivity (Wildman–Crippen MR) is 97.9 cm³/mol. The molecule has 2 aromatic rings. The molecule has 2 heterocycles. The average molecular weight is 364 g/mol. The Bertz CT molecular complexity index is 681. The van der Waals surface area contributed by atoms with Crippen LogP contribution in [0.4, 0.5) is 0 Å². The highest BCUT2D eigenvalue weighted by molar-refractivity contribution is 7.51. The number of aromatic nitrogens is 2. The molecule has 0 radical (unpaired) electrons. The predicted octanol–water partition coefficient (Wildman–Crippen LogP) is 2.98. The Labute approximate surface area is 150 Å². The van der Waals surface area contributed by atoms with E-state index in [1.807, 2.05) is 11.6 Å². The molecule has 0 fully saturated rings. The standard InChI is InChI=1S/C19H27N2O3P/c1-20-13-8-18(9-14-20)19-10-15-21(16-11-19)12-6-4-2-3-5-7-17-25(22,23)24/h8-11,13-16H,2-7,12,17H2,1H3/p+2. The van der Waals surface area contributed by atoms with E-state index in [4.69, 9.17) is 9.79 Å². The summed E-state index contributed by atoms with van der Waals surface area (Å²) in [5, 5.41) is 0. The second-order valence-corrected chi connectivity index (χ2v) is 8.36. The molecule has 0 spiro atoms. The molecule has 0 aliphatic carbocycles. The molecule has 25 heavy (non-hydrogen) atoms. The van der Waals surface area contributed by atoms with E-state index in [1.54, 1.807) is 0 Å². The summed E-state index contributed by atoms with van der Waals surface area (Å²) in [5.41, 5.74) is 2.45. The number of hydrogen-bond donors (Lipinski definition) is 2. The normalized spacial score (nSPS) is 11.6. The molecule has 0 aromatic carbocycles. The number of rotatable bonds is 10. The van der Waals surface area contributed by atoms with Crippen molar-refractivity contribution in [1.29, 1.82) is 0 Å². The van der Waals surface area contributed by atoms with Crippen LogP contribution in [0.25, 0.3) is 11.1 Å². The van der Waals surface area contributed by atoms with Gasteiger partial charge in [0.15, 0.2) is 24.8 Å². The van der Waals surface area contributed by atoms with Crippen molar-refractivity contribution >= 4 is 7.60 Å². The SMILES string of the molecule is C[n+]1ccc(-c2cc[n+](CCCCCCCCP(=O)(O)O)cc2)cc1. The van der Waals surface area contributed by atoms with Gasteiger partial charge in [-0.2, -0.15) is 0 Å². The van der Waals surface area contributed by atoms with Crippen LogP contribution in [0.1, 0.15) is 38.5 Å². The summed E-state index contributed by atoms with van der Waals surface area (Å²) in [5.74, 6) is 0. The molecule has 0 unspecified atom stereocenters. The van der Waals surface area contributed by atoms with Crippen LogP contribution in [-0.4, -0.2) is 15.9 Å². The first kappa shape index (κ1) is 19.8. The minimum Gasteiger partial charge on any atom is -0.324 e. The van der Waals surface area contributed by atoms with Crippen LogP contribution in [0.5, 0.6) is 0 Å². The molecule has 0 saturated carbocycles. The summed E-state index contributed by atoms with van der Waals surface area (Å²) in [7, 11) is -1.79. The third kappa shape index (κ3) is 7.91. The van der Waals surface area contributed by atoms with Crippen molar-refractivity contribution in [3.8, 4) is 11.1 Å². The van der Waals surface area contributed by atoms with Crippen LogP contribution in [0.2, 0.25) is 0 Å². The van der Waals surface area contributed by atoms with Gasteiger partial charge in [-0.05, 0) is 24.0 Å². The van der Waals surface area contributed by atoms with Gasteiger partial charge >= 0.3 is 7.60 Å². The maximum Gasteiger partial charge on any atom is 0.325 e. The number of pyridine rings is 2. The summed E-state index contributed by atoms with van der Waals surface area (Å²) in [6.45, 7) is 1.01. The van der Waals surface area contributed by atoms with E-state index < -0.39 is 7.60 Å². The van der Waals surface area contributed by atoms with E-state index in [0.29, 0.717) is 6.42 Å². The lowest BCUT2D eigenvalue weighted by atomic mass is 10.1. The summed E-state index contributed by atoms with van der Waals surface area (Å²) >= 11 is 0. The molecule has 0 amide bonds. The zero-order chi connectivity index (χ0) is 18.1. The Balaban J connectivity index is 1.63. The summed E-state index contributed by atoms with van der Waals surface area (Å²) < 4.78 is 15.0. The molecule has 0 atom stereocenters. The molecule has 136 valence electrons. The molecule has 2 N–H and O–H groups in total. The molecule has 0 aliphatic rings. The van der Waals surface area contributed by atoms with Gasteiger partial charge in [0.2, 0.25) is 0 Å². The summed E-state index contributed by atoms with van der Waals surface area (Å²) in [6.07, 6.45) is 14.4. The van der Waals surface area contributed by atoms with Gasteiger partial charge in [0.25, 0.3) is 0 Å². The van der Waals surface area contributed by atoms with Crippen molar-refractivity contribution < 1.29 is 23.5 Å². The fourth-order valence-corrected chi connectivity index (χ4v) is 3.45. The second-order valence-electron chi connectivity index (χ2n) is 6.59. The Morgan fingerprint density at radius 1 is 0.800 bits per heavy atom. The first-order valence-electron chi connectivity index (χ1n) is 8.93. The van der Waals surface area contributed by atoms with Crippen LogP contribution in [-0.2, 0) is 18.2 Å².